The number of carbonyl (C=O) groups excluding carboxylic acids is 2. The molecular formula is C27H30ClF3N4O5. The number of halogens is 4. The monoisotopic (exact) mass is 582 g/mol. The van der Waals surface area contributed by atoms with Crippen molar-refractivity contribution in [3.63, 3.8) is 0 Å². The van der Waals surface area contributed by atoms with Gasteiger partial charge in [-0.2, -0.15) is 13.2 Å². The number of carboxylic acid groups (broad SMARTS) is 1. The molecule has 2 aliphatic rings. The van der Waals surface area contributed by atoms with Gasteiger partial charge in [0.25, 0.3) is 0 Å². The van der Waals surface area contributed by atoms with Crippen LogP contribution in [0.25, 0.3) is 0 Å². The van der Waals surface area contributed by atoms with Gasteiger partial charge in [0.2, 0.25) is 6.10 Å². The van der Waals surface area contributed by atoms with E-state index in [4.69, 9.17) is 22.1 Å². The standard InChI is InChI=1S/C27H30ClF3N4O5/c1-2-18(16-13-19(27(29,30)31)22(32)20(28)14-16)23(24(36)37)40-26(39)34-10-8-17(9-11-34)35-12-7-15-5-3-4-6-21(15)33-25(35)38/h3-6,13-14,17-18,23H,2,7-12,32H2,1H3,(H,33,38)(H,36,37). The summed E-state index contributed by atoms with van der Waals surface area (Å²) in [6, 6.07) is 9.13. The second-order valence-corrected chi connectivity index (χ2v) is 10.3. The van der Waals surface area contributed by atoms with E-state index in [2.05, 4.69) is 5.32 Å². The van der Waals surface area contributed by atoms with Crippen LogP contribution in [0.5, 0.6) is 0 Å². The summed E-state index contributed by atoms with van der Waals surface area (Å²) in [5.41, 5.74) is 5.41. The van der Waals surface area contributed by atoms with Gasteiger partial charge in [0.15, 0.2) is 0 Å². The van der Waals surface area contributed by atoms with Crippen molar-refractivity contribution < 1.29 is 37.4 Å². The predicted octanol–water partition coefficient (Wildman–Crippen LogP) is 5.58. The Hall–Kier alpha value is -3.67. The lowest BCUT2D eigenvalue weighted by molar-refractivity contribution is -0.148. The summed E-state index contributed by atoms with van der Waals surface area (Å²) >= 11 is 5.94. The Morgan fingerprint density at radius 3 is 2.50 bits per heavy atom. The molecule has 1 fully saturated rings. The highest BCUT2D eigenvalue weighted by molar-refractivity contribution is 6.33. The third-order valence-electron chi connectivity index (χ3n) is 7.47. The van der Waals surface area contributed by atoms with Gasteiger partial charge in [0, 0.05) is 37.3 Å². The number of urea groups is 1. The number of nitrogens with two attached hydrogens (primary N) is 1. The molecule has 1 saturated heterocycles. The number of carboxylic acids is 1. The number of carbonyl (C=O) groups is 3. The van der Waals surface area contributed by atoms with E-state index in [1.54, 1.807) is 11.8 Å². The quantitative estimate of drug-likeness (QED) is 0.382. The minimum atomic E-state index is -4.81. The fraction of sp³-hybridized carbons (Fsp3) is 0.444. The molecule has 4 rings (SSSR count). The highest BCUT2D eigenvalue weighted by Gasteiger charge is 2.39. The summed E-state index contributed by atoms with van der Waals surface area (Å²) < 4.78 is 45.8. The maximum absolute atomic E-state index is 13.5. The van der Waals surface area contributed by atoms with Gasteiger partial charge in [-0.3, -0.25) is 0 Å². The summed E-state index contributed by atoms with van der Waals surface area (Å²) in [4.78, 5) is 41.0. The molecule has 9 nitrogen and oxygen atoms in total. The maximum Gasteiger partial charge on any atom is 0.418 e. The van der Waals surface area contributed by atoms with Crippen LogP contribution < -0.4 is 11.1 Å². The smallest absolute Gasteiger partial charge is 0.418 e. The van der Waals surface area contributed by atoms with Crippen molar-refractivity contribution in [2.75, 3.05) is 30.7 Å². The second-order valence-electron chi connectivity index (χ2n) is 9.87. The first-order valence-corrected chi connectivity index (χ1v) is 13.3. The van der Waals surface area contributed by atoms with E-state index in [-0.39, 0.29) is 42.2 Å². The normalized spacial score (nSPS) is 17.9. The van der Waals surface area contributed by atoms with Crippen molar-refractivity contribution in [1.29, 1.82) is 0 Å². The maximum atomic E-state index is 13.5. The molecule has 13 heteroatoms. The Morgan fingerprint density at radius 2 is 1.88 bits per heavy atom. The van der Waals surface area contributed by atoms with Crippen LogP contribution in [0, 0.1) is 0 Å². The summed E-state index contributed by atoms with van der Waals surface area (Å²) in [6.45, 7) is 2.52. The van der Waals surface area contributed by atoms with Crippen molar-refractivity contribution in [3.8, 4) is 0 Å². The summed E-state index contributed by atoms with van der Waals surface area (Å²) in [5.74, 6) is -2.61. The van der Waals surface area contributed by atoms with Gasteiger partial charge in [-0.15, -0.1) is 0 Å². The first kappa shape index (κ1) is 29.3. The minimum Gasteiger partial charge on any atom is -0.478 e. The fourth-order valence-corrected chi connectivity index (χ4v) is 5.53. The van der Waals surface area contributed by atoms with Gasteiger partial charge in [0.1, 0.15) is 0 Å². The highest BCUT2D eigenvalue weighted by atomic mass is 35.5. The zero-order valence-electron chi connectivity index (χ0n) is 21.7. The average molecular weight is 583 g/mol. The number of nitrogens with zero attached hydrogens (tertiary/aromatic N) is 2. The molecule has 0 aliphatic carbocycles. The Morgan fingerprint density at radius 1 is 1.20 bits per heavy atom. The van der Waals surface area contributed by atoms with Crippen molar-refractivity contribution in [2.24, 2.45) is 0 Å². The largest absolute Gasteiger partial charge is 0.478 e. The number of nitrogens with one attached hydrogen (secondary N) is 1. The minimum absolute atomic E-state index is 0.0519. The molecule has 2 atom stereocenters. The SMILES string of the molecule is CCC(c1cc(Cl)c(N)c(C(F)(F)F)c1)C(OC(=O)N1CCC(N2CCc3ccccc3NC2=O)CC1)C(=O)O. The van der Waals surface area contributed by atoms with Crippen LogP contribution >= 0.6 is 11.6 Å². The third kappa shape index (κ3) is 6.22. The van der Waals surface area contributed by atoms with Crippen molar-refractivity contribution in [1.82, 2.24) is 9.80 Å². The Balaban J connectivity index is 1.43. The topological polar surface area (TPSA) is 125 Å². The molecule has 40 heavy (non-hydrogen) atoms. The average Bonchev–Trinajstić information content (AvgIpc) is 3.07. The third-order valence-corrected chi connectivity index (χ3v) is 7.78. The molecule has 0 spiro atoms. The van der Waals surface area contributed by atoms with Gasteiger partial charge in [-0.1, -0.05) is 36.7 Å². The number of piperidine rings is 1. The Bertz CT molecular complexity index is 1280. The molecule has 0 radical (unpaired) electrons. The lowest BCUT2D eigenvalue weighted by atomic mass is 9.89. The number of rotatable bonds is 6. The van der Waals surface area contributed by atoms with Crippen LogP contribution in [0.15, 0.2) is 36.4 Å². The summed E-state index contributed by atoms with van der Waals surface area (Å²) in [5, 5.41) is 12.4. The summed E-state index contributed by atoms with van der Waals surface area (Å²) in [7, 11) is 0. The van der Waals surface area contributed by atoms with Crippen LogP contribution in [0.1, 0.15) is 48.8 Å². The molecule has 2 aromatic rings. The molecular weight excluding hydrogens is 553 g/mol. The second kappa shape index (κ2) is 11.8. The van der Waals surface area contributed by atoms with Crippen LogP contribution in [0.3, 0.4) is 0 Å². The molecule has 2 unspecified atom stereocenters. The number of amides is 3. The van der Waals surface area contributed by atoms with E-state index in [1.165, 1.54) is 11.0 Å². The number of anilines is 2. The Kier molecular flexibility index (Phi) is 8.67. The fourth-order valence-electron chi connectivity index (χ4n) is 5.30. The van der Waals surface area contributed by atoms with Gasteiger partial charge in [-0.05, 0) is 55.0 Å². The number of benzene rings is 2. The van der Waals surface area contributed by atoms with Crippen LogP contribution in [-0.4, -0.2) is 64.8 Å². The van der Waals surface area contributed by atoms with E-state index in [0.29, 0.717) is 25.8 Å². The number of likely N-dealkylation sites (tertiary alicyclic amines) is 1. The lowest BCUT2D eigenvalue weighted by Crippen LogP contribution is -2.50. The van der Waals surface area contributed by atoms with Crippen molar-refractivity contribution >= 4 is 41.1 Å². The molecule has 216 valence electrons. The zero-order chi connectivity index (χ0) is 29.2. The molecule has 0 aromatic heterocycles. The lowest BCUT2D eigenvalue weighted by Gasteiger charge is -2.38. The molecule has 2 aliphatic heterocycles. The number of aliphatic carboxylic acids is 1. The van der Waals surface area contributed by atoms with E-state index < -0.39 is 41.5 Å². The molecule has 3 amide bonds. The van der Waals surface area contributed by atoms with Gasteiger partial charge < -0.3 is 30.7 Å². The number of hydrogen-bond donors (Lipinski definition) is 3. The number of ether oxygens (including phenoxy) is 1. The van der Waals surface area contributed by atoms with Crippen LogP contribution in [-0.2, 0) is 22.1 Å². The van der Waals surface area contributed by atoms with Crippen molar-refractivity contribution in [3.05, 3.63) is 58.1 Å². The number of fused-ring (bicyclic) bond motifs is 1. The van der Waals surface area contributed by atoms with E-state index in [1.807, 2.05) is 24.3 Å². The molecule has 4 N–H and O–H groups in total. The molecule has 0 saturated carbocycles. The number of hydrogen-bond acceptors (Lipinski definition) is 5. The molecule has 2 aromatic carbocycles. The summed E-state index contributed by atoms with van der Waals surface area (Å²) in [6.07, 6.45) is -5.82. The predicted molar refractivity (Wildman–Crippen MR) is 142 cm³/mol. The van der Waals surface area contributed by atoms with Crippen molar-refractivity contribution in [2.45, 2.75) is 56.8 Å². The van der Waals surface area contributed by atoms with E-state index >= 15 is 0 Å². The van der Waals surface area contributed by atoms with E-state index in [0.717, 1.165) is 17.3 Å². The van der Waals surface area contributed by atoms with Gasteiger partial charge in [0.05, 0.1) is 16.3 Å². The van der Waals surface area contributed by atoms with Gasteiger partial charge in [-0.25, -0.2) is 14.4 Å². The van der Waals surface area contributed by atoms with E-state index in [9.17, 15) is 32.7 Å². The number of nitrogen functional groups attached to an aromatic ring is 1. The Labute approximate surface area is 234 Å². The van der Waals surface area contributed by atoms with Gasteiger partial charge >= 0.3 is 24.3 Å². The molecule has 0 bridgehead atoms. The zero-order valence-corrected chi connectivity index (χ0v) is 22.5. The first-order valence-electron chi connectivity index (χ1n) is 12.9. The molecule has 2 heterocycles. The number of para-hydroxylation sites is 1. The van der Waals surface area contributed by atoms with Crippen LogP contribution in [0.4, 0.5) is 34.1 Å². The number of alkyl halides is 3. The first-order chi connectivity index (χ1) is 18.9. The highest BCUT2D eigenvalue weighted by Crippen LogP contribution is 2.40. The van der Waals surface area contributed by atoms with Crippen LogP contribution in [0.2, 0.25) is 5.02 Å².